The lowest BCUT2D eigenvalue weighted by Gasteiger charge is -2.31. The standard InChI is InChI=1S/C19H26N2O5/c1-3-18(23)21-16-9-8-15(26-17(16)12-22)10-19(24)20-11-13-4-6-14(25-2)7-5-13/h4-9,15-17,22H,3,10-12H2,1-2H3,(H,20,24)(H,21,23)/t15-,16-,17+/m0/s1. The highest BCUT2D eigenvalue weighted by molar-refractivity contribution is 5.77. The summed E-state index contributed by atoms with van der Waals surface area (Å²) in [6.45, 7) is 1.94. The van der Waals surface area contributed by atoms with Crippen LogP contribution in [0.2, 0.25) is 0 Å². The Labute approximate surface area is 153 Å². The topological polar surface area (TPSA) is 96.9 Å². The molecule has 2 amide bonds. The smallest absolute Gasteiger partial charge is 0.223 e. The summed E-state index contributed by atoms with van der Waals surface area (Å²) < 4.78 is 10.8. The molecule has 0 radical (unpaired) electrons. The Hall–Kier alpha value is -2.38. The molecule has 0 aromatic heterocycles. The van der Waals surface area contributed by atoms with Gasteiger partial charge in [-0.1, -0.05) is 31.2 Å². The summed E-state index contributed by atoms with van der Waals surface area (Å²) in [5, 5.41) is 15.1. The molecular weight excluding hydrogens is 336 g/mol. The number of carbonyl (C=O) groups is 2. The van der Waals surface area contributed by atoms with Crippen LogP contribution >= 0.6 is 0 Å². The van der Waals surface area contributed by atoms with E-state index in [2.05, 4.69) is 10.6 Å². The zero-order valence-electron chi connectivity index (χ0n) is 15.1. The number of rotatable bonds is 8. The molecule has 26 heavy (non-hydrogen) atoms. The van der Waals surface area contributed by atoms with Crippen LogP contribution in [0.5, 0.6) is 5.75 Å². The molecule has 3 N–H and O–H groups in total. The predicted molar refractivity (Wildman–Crippen MR) is 96.6 cm³/mol. The first-order valence-electron chi connectivity index (χ1n) is 8.69. The molecule has 0 fully saturated rings. The van der Waals surface area contributed by atoms with Gasteiger partial charge < -0.3 is 25.2 Å². The summed E-state index contributed by atoms with van der Waals surface area (Å²) in [5.74, 6) is 0.501. The number of ether oxygens (including phenoxy) is 2. The van der Waals surface area contributed by atoms with Crippen molar-refractivity contribution in [2.75, 3.05) is 13.7 Å². The molecule has 0 spiro atoms. The van der Waals surface area contributed by atoms with Crippen molar-refractivity contribution in [2.45, 2.75) is 44.6 Å². The Morgan fingerprint density at radius 3 is 2.54 bits per heavy atom. The lowest BCUT2D eigenvalue weighted by molar-refractivity contribution is -0.128. The maximum atomic E-state index is 12.1. The van der Waals surface area contributed by atoms with Crippen molar-refractivity contribution < 1.29 is 24.2 Å². The summed E-state index contributed by atoms with van der Waals surface area (Å²) >= 11 is 0. The van der Waals surface area contributed by atoms with Crippen molar-refractivity contribution in [1.29, 1.82) is 0 Å². The number of hydrogen-bond acceptors (Lipinski definition) is 5. The van der Waals surface area contributed by atoms with E-state index < -0.39 is 12.2 Å². The molecule has 0 aliphatic carbocycles. The van der Waals surface area contributed by atoms with Crippen molar-refractivity contribution in [3.63, 3.8) is 0 Å². The molecule has 0 saturated carbocycles. The molecule has 0 unspecified atom stereocenters. The fourth-order valence-electron chi connectivity index (χ4n) is 2.62. The maximum absolute atomic E-state index is 12.1. The van der Waals surface area contributed by atoms with Crippen LogP contribution in [-0.2, 0) is 20.9 Å². The van der Waals surface area contributed by atoms with Gasteiger partial charge in [0, 0.05) is 13.0 Å². The average Bonchev–Trinajstić information content (AvgIpc) is 2.67. The van der Waals surface area contributed by atoms with E-state index in [0.717, 1.165) is 11.3 Å². The number of benzene rings is 1. The fraction of sp³-hybridized carbons (Fsp3) is 0.474. The van der Waals surface area contributed by atoms with Gasteiger partial charge >= 0.3 is 0 Å². The second kappa shape index (κ2) is 9.94. The van der Waals surface area contributed by atoms with Gasteiger partial charge in [0.05, 0.1) is 32.3 Å². The molecule has 1 aliphatic rings. The minimum Gasteiger partial charge on any atom is -0.497 e. The van der Waals surface area contributed by atoms with Crippen LogP contribution < -0.4 is 15.4 Å². The van der Waals surface area contributed by atoms with E-state index in [1.165, 1.54) is 0 Å². The normalized spacial score (nSPS) is 21.9. The minimum atomic E-state index is -0.560. The van der Waals surface area contributed by atoms with Crippen LogP contribution in [0.15, 0.2) is 36.4 Å². The number of nitrogens with one attached hydrogen (secondary N) is 2. The third-order valence-electron chi connectivity index (χ3n) is 4.15. The summed E-state index contributed by atoms with van der Waals surface area (Å²) in [4.78, 5) is 23.6. The third-order valence-corrected chi connectivity index (χ3v) is 4.15. The lowest BCUT2D eigenvalue weighted by atomic mass is 10.0. The molecule has 1 heterocycles. The first-order chi connectivity index (χ1) is 12.5. The Morgan fingerprint density at radius 2 is 1.92 bits per heavy atom. The van der Waals surface area contributed by atoms with Crippen LogP contribution in [0.25, 0.3) is 0 Å². The molecule has 3 atom stereocenters. The largest absolute Gasteiger partial charge is 0.497 e. The van der Waals surface area contributed by atoms with Gasteiger partial charge in [0.25, 0.3) is 0 Å². The number of aliphatic hydroxyl groups excluding tert-OH is 1. The van der Waals surface area contributed by atoms with Crippen molar-refractivity contribution in [3.8, 4) is 5.75 Å². The highest BCUT2D eigenvalue weighted by Gasteiger charge is 2.28. The van der Waals surface area contributed by atoms with Gasteiger partial charge in [-0.25, -0.2) is 0 Å². The molecule has 1 aromatic rings. The first-order valence-corrected chi connectivity index (χ1v) is 8.69. The van der Waals surface area contributed by atoms with E-state index in [9.17, 15) is 14.7 Å². The Kier molecular flexibility index (Phi) is 7.62. The Bertz CT molecular complexity index is 629. The van der Waals surface area contributed by atoms with Gasteiger partial charge in [-0.15, -0.1) is 0 Å². The molecular formula is C19H26N2O5. The number of amides is 2. The quantitative estimate of drug-likeness (QED) is 0.598. The fourth-order valence-corrected chi connectivity index (χ4v) is 2.62. The van der Waals surface area contributed by atoms with Gasteiger partial charge in [-0.05, 0) is 17.7 Å². The molecule has 2 rings (SSSR count). The lowest BCUT2D eigenvalue weighted by Crippen LogP contribution is -2.48. The van der Waals surface area contributed by atoms with Crippen molar-refractivity contribution in [3.05, 3.63) is 42.0 Å². The van der Waals surface area contributed by atoms with Crippen molar-refractivity contribution in [2.24, 2.45) is 0 Å². The molecule has 0 bridgehead atoms. The van der Waals surface area contributed by atoms with E-state index in [0.29, 0.717) is 13.0 Å². The number of aliphatic hydroxyl groups is 1. The van der Waals surface area contributed by atoms with Crippen molar-refractivity contribution >= 4 is 11.8 Å². The van der Waals surface area contributed by atoms with E-state index >= 15 is 0 Å². The summed E-state index contributed by atoms with van der Waals surface area (Å²) in [6.07, 6.45) is 3.05. The van der Waals surface area contributed by atoms with E-state index in [4.69, 9.17) is 9.47 Å². The molecule has 7 nitrogen and oxygen atoms in total. The Morgan fingerprint density at radius 1 is 1.19 bits per heavy atom. The Balaban J connectivity index is 1.82. The molecule has 1 aromatic carbocycles. The van der Waals surface area contributed by atoms with Gasteiger partial charge in [0.15, 0.2) is 0 Å². The number of hydrogen-bond donors (Lipinski definition) is 3. The maximum Gasteiger partial charge on any atom is 0.223 e. The van der Waals surface area contributed by atoms with Crippen LogP contribution in [-0.4, -0.2) is 48.9 Å². The first kappa shape index (κ1) is 19.9. The van der Waals surface area contributed by atoms with Crippen LogP contribution in [0, 0.1) is 0 Å². The van der Waals surface area contributed by atoms with E-state index in [1.54, 1.807) is 26.2 Å². The molecule has 1 aliphatic heterocycles. The zero-order valence-corrected chi connectivity index (χ0v) is 15.1. The van der Waals surface area contributed by atoms with Crippen molar-refractivity contribution in [1.82, 2.24) is 10.6 Å². The highest BCUT2D eigenvalue weighted by Crippen LogP contribution is 2.16. The van der Waals surface area contributed by atoms with Gasteiger partial charge in [0.2, 0.25) is 11.8 Å². The second-order valence-electron chi connectivity index (χ2n) is 6.06. The highest BCUT2D eigenvalue weighted by atomic mass is 16.5. The third kappa shape index (κ3) is 5.86. The summed E-state index contributed by atoms with van der Waals surface area (Å²) in [7, 11) is 1.60. The molecule has 7 heteroatoms. The SMILES string of the molecule is CCC(=O)N[C@H]1C=C[C@@H](CC(=O)NCc2ccc(OC)cc2)O[C@@H]1CO. The van der Waals surface area contributed by atoms with Gasteiger partial charge in [-0.2, -0.15) is 0 Å². The zero-order chi connectivity index (χ0) is 18.9. The number of carbonyl (C=O) groups excluding carboxylic acids is 2. The second-order valence-corrected chi connectivity index (χ2v) is 6.06. The van der Waals surface area contributed by atoms with Crippen LogP contribution in [0.3, 0.4) is 0 Å². The van der Waals surface area contributed by atoms with Gasteiger partial charge in [-0.3, -0.25) is 9.59 Å². The van der Waals surface area contributed by atoms with Crippen LogP contribution in [0.1, 0.15) is 25.3 Å². The summed E-state index contributed by atoms with van der Waals surface area (Å²) in [5.41, 5.74) is 0.967. The van der Waals surface area contributed by atoms with Gasteiger partial charge in [0.1, 0.15) is 11.9 Å². The van der Waals surface area contributed by atoms with Crippen LogP contribution in [0.4, 0.5) is 0 Å². The number of methoxy groups -OCH3 is 1. The van der Waals surface area contributed by atoms with E-state index in [-0.39, 0.29) is 30.9 Å². The summed E-state index contributed by atoms with van der Waals surface area (Å²) in [6, 6.07) is 7.07. The monoisotopic (exact) mass is 362 g/mol. The molecule has 0 saturated heterocycles. The average molecular weight is 362 g/mol. The predicted octanol–water partition coefficient (Wildman–Crippen LogP) is 0.912. The van der Waals surface area contributed by atoms with E-state index in [1.807, 2.05) is 24.3 Å². The molecule has 142 valence electrons. The minimum absolute atomic E-state index is 0.114.